The summed E-state index contributed by atoms with van der Waals surface area (Å²) in [5.74, 6) is -1.82. The van der Waals surface area contributed by atoms with Crippen LogP contribution < -0.4 is 10.6 Å². The average molecular weight is 402 g/mol. The molecule has 0 aromatic heterocycles. The first-order valence-corrected chi connectivity index (χ1v) is 9.69. The number of carbonyl (C=O) groups is 5. The largest absolute Gasteiger partial charge is 0.465 e. The Morgan fingerprint density at radius 3 is 2.59 bits per heavy atom. The Balaban J connectivity index is 2.93. The highest BCUT2D eigenvalue weighted by molar-refractivity contribution is 8.13. The van der Waals surface area contributed by atoms with Gasteiger partial charge in [-0.2, -0.15) is 0 Å². The molecule has 0 bridgehead atoms. The minimum absolute atomic E-state index is 0.0498. The summed E-state index contributed by atoms with van der Waals surface area (Å²) in [6.07, 6.45) is -1.50. The number of rotatable bonds is 2. The van der Waals surface area contributed by atoms with Crippen LogP contribution in [0.5, 0.6) is 0 Å². The number of thioether (sulfide) groups is 1. The van der Waals surface area contributed by atoms with Gasteiger partial charge in [-0.25, -0.2) is 0 Å². The molecule has 152 valence electrons. The fourth-order valence-electron chi connectivity index (χ4n) is 2.18. The van der Waals surface area contributed by atoms with Gasteiger partial charge in [0.05, 0.1) is 0 Å². The number of carbonyl (C=O) groups excluding carboxylic acids is 5. The van der Waals surface area contributed by atoms with Crippen molar-refractivity contribution in [3.63, 3.8) is 0 Å². The van der Waals surface area contributed by atoms with Gasteiger partial charge in [0.25, 0.3) is 5.91 Å². The Bertz CT molecular complexity index is 592. The SMILES string of the molecule is CCC(=O)O[C@H]1C(=O)NCCC(=O)NCCSC(=O)CC(=O)OCC1(C)C. The summed E-state index contributed by atoms with van der Waals surface area (Å²) in [5.41, 5.74) is -1.03. The number of ether oxygens (including phenoxy) is 2. The number of amides is 2. The van der Waals surface area contributed by atoms with Crippen molar-refractivity contribution in [3.05, 3.63) is 0 Å². The molecular weight excluding hydrogens is 376 g/mol. The second-order valence-corrected chi connectivity index (χ2v) is 7.81. The van der Waals surface area contributed by atoms with E-state index in [1.54, 1.807) is 20.8 Å². The van der Waals surface area contributed by atoms with Crippen LogP contribution in [0, 0.1) is 5.41 Å². The molecule has 1 aliphatic heterocycles. The quantitative estimate of drug-likeness (QED) is 0.494. The van der Waals surface area contributed by atoms with Gasteiger partial charge in [0.1, 0.15) is 13.0 Å². The first kappa shape index (κ1) is 22.9. The van der Waals surface area contributed by atoms with Gasteiger partial charge >= 0.3 is 11.9 Å². The molecule has 1 rings (SSSR count). The predicted molar refractivity (Wildman–Crippen MR) is 97.6 cm³/mol. The van der Waals surface area contributed by atoms with Crippen LogP contribution in [0.15, 0.2) is 0 Å². The van der Waals surface area contributed by atoms with Crippen LogP contribution in [0.25, 0.3) is 0 Å². The van der Waals surface area contributed by atoms with Gasteiger partial charge in [-0.15, -0.1) is 0 Å². The van der Waals surface area contributed by atoms with Gasteiger partial charge in [0.15, 0.2) is 11.2 Å². The Kier molecular flexibility index (Phi) is 9.27. The van der Waals surface area contributed by atoms with Gasteiger partial charge in [-0.3, -0.25) is 24.0 Å². The van der Waals surface area contributed by atoms with Crippen LogP contribution in [0.3, 0.4) is 0 Å². The molecule has 1 heterocycles. The van der Waals surface area contributed by atoms with Crippen molar-refractivity contribution in [2.75, 3.05) is 25.4 Å². The van der Waals surface area contributed by atoms with Crippen LogP contribution in [-0.4, -0.2) is 60.4 Å². The molecule has 0 saturated carbocycles. The number of hydrogen-bond donors (Lipinski definition) is 2. The van der Waals surface area contributed by atoms with Crippen molar-refractivity contribution in [1.29, 1.82) is 0 Å². The second kappa shape index (κ2) is 10.9. The lowest BCUT2D eigenvalue weighted by Crippen LogP contribution is -2.49. The lowest BCUT2D eigenvalue weighted by Gasteiger charge is -2.32. The zero-order chi connectivity index (χ0) is 20.4. The van der Waals surface area contributed by atoms with Gasteiger partial charge in [-0.05, 0) is 0 Å². The lowest BCUT2D eigenvalue weighted by molar-refractivity contribution is -0.168. The number of nitrogens with one attached hydrogen (secondary N) is 2. The topological polar surface area (TPSA) is 128 Å². The Morgan fingerprint density at radius 2 is 1.93 bits per heavy atom. The highest BCUT2D eigenvalue weighted by atomic mass is 32.2. The highest BCUT2D eigenvalue weighted by Gasteiger charge is 2.39. The van der Waals surface area contributed by atoms with Gasteiger partial charge in [-0.1, -0.05) is 32.5 Å². The standard InChI is InChI=1S/C17H26N2O7S/c1-4-12(21)26-15-16(24)19-6-5-11(20)18-7-8-27-14(23)9-13(22)25-10-17(15,2)3/h15H,4-10H2,1-3H3,(H,18,20)(H,19,24)/t15-/m0/s1. The number of cyclic esters (lactones) is 1. The fourth-order valence-corrected chi connectivity index (χ4v) is 2.83. The molecule has 1 aliphatic rings. The minimum Gasteiger partial charge on any atom is -0.465 e. The maximum absolute atomic E-state index is 12.5. The molecule has 9 nitrogen and oxygen atoms in total. The van der Waals surface area contributed by atoms with Crippen LogP contribution in [-0.2, 0) is 33.4 Å². The molecular formula is C17H26N2O7S. The van der Waals surface area contributed by atoms with E-state index in [0.717, 1.165) is 11.8 Å². The van der Waals surface area contributed by atoms with E-state index in [1.807, 2.05) is 0 Å². The molecule has 0 aliphatic carbocycles. The van der Waals surface area contributed by atoms with Crippen molar-refractivity contribution in [3.8, 4) is 0 Å². The summed E-state index contributed by atoms with van der Waals surface area (Å²) in [7, 11) is 0. The van der Waals surface area contributed by atoms with Crippen LogP contribution in [0.4, 0.5) is 0 Å². The van der Waals surface area contributed by atoms with E-state index >= 15 is 0 Å². The molecule has 0 unspecified atom stereocenters. The van der Waals surface area contributed by atoms with Crippen molar-refractivity contribution < 1.29 is 33.4 Å². The maximum Gasteiger partial charge on any atom is 0.314 e. The molecule has 10 heteroatoms. The minimum atomic E-state index is -1.21. The summed E-state index contributed by atoms with van der Waals surface area (Å²) < 4.78 is 10.4. The van der Waals surface area contributed by atoms with Gasteiger partial charge in [0.2, 0.25) is 5.91 Å². The third kappa shape index (κ3) is 8.42. The normalized spacial score (nSPS) is 23.0. The van der Waals surface area contributed by atoms with Crippen molar-refractivity contribution in [2.45, 2.75) is 46.1 Å². The molecule has 1 saturated heterocycles. The van der Waals surface area contributed by atoms with E-state index in [0.29, 0.717) is 5.75 Å². The second-order valence-electron chi connectivity index (χ2n) is 6.66. The third-order valence-electron chi connectivity index (χ3n) is 3.72. The van der Waals surface area contributed by atoms with Crippen LogP contribution in [0.1, 0.15) is 40.0 Å². The van der Waals surface area contributed by atoms with E-state index in [4.69, 9.17) is 9.47 Å². The first-order chi connectivity index (χ1) is 12.7. The Hall–Kier alpha value is -2.10. The molecule has 1 atom stereocenters. The summed E-state index contributed by atoms with van der Waals surface area (Å²) in [6.45, 7) is 4.93. The van der Waals surface area contributed by atoms with Gasteiger partial charge < -0.3 is 20.1 Å². The molecule has 0 spiro atoms. The summed E-state index contributed by atoms with van der Waals surface area (Å²) in [4.78, 5) is 59.5. The molecule has 0 aromatic rings. The average Bonchev–Trinajstić information content (AvgIpc) is 2.60. The van der Waals surface area contributed by atoms with Gasteiger partial charge in [0, 0.05) is 37.1 Å². The smallest absolute Gasteiger partial charge is 0.314 e. The molecule has 0 radical (unpaired) electrons. The Morgan fingerprint density at radius 1 is 1.22 bits per heavy atom. The summed E-state index contributed by atoms with van der Waals surface area (Å²) in [5, 5.41) is 4.82. The van der Waals surface area contributed by atoms with E-state index in [2.05, 4.69) is 10.6 Å². The first-order valence-electron chi connectivity index (χ1n) is 8.71. The van der Waals surface area contributed by atoms with E-state index < -0.39 is 35.8 Å². The van der Waals surface area contributed by atoms with E-state index in [1.165, 1.54) is 0 Å². The van der Waals surface area contributed by atoms with E-state index in [9.17, 15) is 24.0 Å². The molecule has 27 heavy (non-hydrogen) atoms. The molecule has 2 N–H and O–H groups in total. The van der Waals surface area contributed by atoms with Crippen LogP contribution in [0.2, 0.25) is 0 Å². The van der Waals surface area contributed by atoms with E-state index in [-0.39, 0.29) is 43.6 Å². The van der Waals surface area contributed by atoms with Crippen LogP contribution >= 0.6 is 11.8 Å². The predicted octanol–water partition coefficient (Wildman–Crippen LogP) is 0.164. The number of hydrogen-bond acceptors (Lipinski definition) is 8. The highest BCUT2D eigenvalue weighted by Crippen LogP contribution is 2.25. The van der Waals surface area contributed by atoms with Crippen molar-refractivity contribution >= 4 is 40.6 Å². The molecule has 1 fully saturated rings. The Labute approximate surface area is 162 Å². The monoisotopic (exact) mass is 402 g/mol. The maximum atomic E-state index is 12.5. The summed E-state index contributed by atoms with van der Waals surface area (Å²) in [6, 6.07) is 0. The fraction of sp³-hybridized carbons (Fsp3) is 0.706. The number of esters is 2. The molecule has 2 amide bonds. The zero-order valence-corrected chi connectivity index (χ0v) is 16.6. The summed E-state index contributed by atoms with van der Waals surface area (Å²) >= 11 is 0.937. The van der Waals surface area contributed by atoms with Crippen molar-refractivity contribution in [1.82, 2.24) is 10.6 Å². The molecule has 0 aromatic carbocycles. The zero-order valence-electron chi connectivity index (χ0n) is 15.8. The lowest BCUT2D eigenvalue weighted by atomic mass is 9.86. The van der Waals surface area contributed by atoms with Crippen molar-refractivity contribution in [2.24, 2.45) is 5.41 Å². The third-order valence-corrected chi connectivity index (χ3v) is 4.59.